The van der Waals surface area contributed by atoms with E-state index >= 15 is 0 Å². The summed E-state index contributed by atoms with van der Waals surface area (Å²) in [6.07, 6.45) is 0. The van der Waals surface area contributed by atoms with Gasteiger partial charge in [-0.3, -0.25) is 14.5 Å². The minimum Gasteiger partial charge on any atom is -0.492 e. The second-order valence-corrected chi connectivity index (χ2v) is 8.44. The summed E-state index contributed by atoms with van der Waals surface area (Å²) in [4.78, 5) is 26.9. The molecule has 2 aliphatic rings. The summed E-state index contributed by atoms with van der Waals surface area (Å²) in [5.74, 6) is 1.47. The Morgan fingerprint density at radius 1 is 1.17 bits per heavy atom. The van der Waals surface area contributed by atoms with E-state index in [1.807, 2.05) is 42.5 Å². The largest absolute Gasteiger partial charge is 0.492 e. The van der Waals surface area contributed by atoms with E-state index in [4.69, 9.17) is 9.15 Å². The Balaban J connectivity index is 1.41. The van der Waals surface area contributed by atoms with Gasteiger partial charge in [-0.15, -0.1) is 0 Å². The molecule has 1 aromatic heterocycles. The molecule has 154 valence electrons. The van der Waals surface area contributed by atoms with Gasteiger partial charge in [0.25, 0.3) is 0 Å². The van der Waals surface area contributed by atoms with Crippen molar-refractivity contribution in [3.05, 3.63) is 64.9 Å². The molecule has 0 radical (unpaired) electrons. The van der Waals surface area contributed by atoms with E-state index in [1.54, 1.807) is 0 Å². The Bertz CT molecular complexity index is 1160. The van der Waals surface area contributed by atoms with Gasteiger partial charge in [0.05, 0.1) is 12.1 Å². The molecular formula is C24H24N2O4. The van der Waals surface area contributed by atoms with Gasteiger partial charge in [-0.25, -0.2) is 0 Å². The highest BCUT2D eigenvalue weighted by Crippen LogP contribution is 2.46. The Morgan fingerprint density at radius 3 is 2.83 bits per heavy atom. The van der Waals surface area contributed by atoms with Crippen LogP contribution in [0, 0.1) is 0 Å². The number of fused-ring (bicyclic) bond motifs is 4. The number of hydrogen-bond acceptors (Lipinski definition) is 5. The molecule has 5 rings (SSSR count). The van der Waals surface area contributed by atoms with Crippen LogP contribution in [0.1, 0.15) is 41.1 Å². The van der Waals surface area contributed by atoms with Crippen molar-refractivity contribution in [2.75, 3.05) is 32.8 Å². The minimum atomic E-state index is -0.456. The molecule has 0 atom stereocenters. The van der Waals surface area contributed by atoms with Crippen LogP contribution in [0.15, 0.2) is 46.9 Å². The SMILES string of the molecule is CC1(C)c2cc(OCCN3CCNC(=O)C3)ccc2C(=O)c2c1oc1ccccc21. The third kappa shape index (κ3) is 2.99. The molecule has 1 amide bonds. The number of rotatable bonds is 4. The van der Waals surface area contributed by atoms with Gasteiger partial charge in [-0.2, -0.15) is 0 Å². The molecule has 2 heterocycles. The summed E-state index contributed by atoms with van der Waals surface area (Å²) in [5, 5.41) is 3.69. The van der Waals surface area contributed by atoms with E-state index in [-0.39, 0.29) is 11.7 Å². The Hall–Kier alpha value is -3.12. The van der Waals surface area contributed by atoms with Crippen molar-refractivity contribution in [2.45, 2.75) is 19.3 Å². The van der Waals surface area contributed by atoms with Crippen LogP contribution in [0.3, 0.4) is 0 Å². The lowest BCUT2D eigenvalue weighted by atomic mass is 9.72. The summed E-state index contributed by atoms with van der Waals surface area (Å²) in [6, 6.07) is 13.3. The molecule has 0 spiro atoms. The fraction of sp³-hybridized carbons (Fsp3) is 0.333. The third-order valence-corrected chi connectivity index (χ3v) is 6.09. The van der Waals surface area contributed by atoms with Crippen LogP contribution in [-0.4, -0.2) is 49.4 Å². The number of carbonyl (C=O) groups is 2. The number of para-hydroxylation sites is 1. The highest BCUT2D eigenvalue weighted by molar-refractivity contribution is 6.19. The maximum Gasteiger partial charge on any atom is 0.234 e. The van der Waals surface area contributed by atoms with Crippen LogP contribution in [0.2, 0.25) is 0 Å². The molecule has 1 N–H and O–H groups in total. The zero-order chi connectivity index (χ0) is 20.9. The van der Waals surface area contributed by atoms with Gasteiger partial charge in [0.15, 0.2) is 5.78 Å². The minimum absolute atomic E-state index is 0.00449. The van der Waals surface area contributed by atoms with Crippen molar-refractivity contribution in [2.24, 2.45) is 0 Å². The Kier molecular flexibility index (Phi) is 4.40. The maximum absolute atomic E-state index is 13.3. The summed E-state index contributed by atoms with van der Waals surface area (Å²) in [5.41, 5.74) is 2.55. The van der Waals surface area contributed by atoms with Crippen molar-refractivity contribution in [3.8, 4) is 5.75 Å². The van der Waals surface area contributed by atoms with Crippen LogP contribution < -0.4 is 10.1 Å². The molecule has 2 aromatic carbocycles. The lowest BCUT2D eigenvalue weighted by Gasteiger charge is -2.31. The van der Waals surface area contributed by atoms with Gasteiger partial charge in [-0.05, 0) is 43.7 Å². The first-order valence-electron chi connectivity index (χ1n) is 10.3. The number of nitrogens with zero attached hydrogens (tertiary/aromatic N) is 1. The zero-order valence-electron chi connectivity index (χ0n) is 17.2. The number of ether oxygens (including phenoxy) is 1. The lowest BCUT2D eigenvalue weighted by molar-refractivity contribution is -0.124. The van der Waals surface area contributed by atoms with E-state index < -0.39 is 5.41 Å². The molecule has 0 bridgehead atoms. The molecule has 1 aliphatic carbocycles. The predicted octanol–water partition coefficient (Wildman–Crippen LogP) is 3.11. The van der Waals surface area contributed by atoms with Crippen LogP contribution in [-0.2, 0) is 10.2 Å². The smallest absolute Gasteiger partial charge is 0.234 e. The Morgan fingerprint density at radius 2 is 2.00 bits per heavy atom. The van der Waals surface area contributed by atoms with Crippen LogP contribution >= 0.6 is 0 Å². The molecule has 0 unspecified atom stereocenters. The average molecular weight is 404 g/mol. The summed E-state index contributed by atoms with van der Waals surface area (Å²) < 4.78 is 12.1. The standard InChI is InChI=1S/C24H24N2O4/c1-24(2)18-13-15(29-12-11-26-10-9-25-20(27)14-26)7-8-16(18)22(28)21-17-5-3-4-6-19(17)30-23(21)24/h3-8,13H,9-12,14H2,1-2H3,(H,25,27). The summed E-state index contributed by atoms with van der Waals surface area (Å²) in [6.45, 7) is 7.23. The average Bonchev–Trinajstić information content (AvgIpc) is 3.13. The van der Waals surface area contributed by atoms with Gasteiger partial charge in [0.2, 0.25) is 5.91 Å². The molecule has 1 aliphatic heterocycles. The van der Waals surface area contributed by atoms with Gasteiger partial charge in [0, 0.05) is 36.0 Å². The number of benzene rings is 2. The van der Waals surface area contributed by atoms with Gasteiger partial charge < -0.3 is 14.5 Å². The number of furan rings is 1. The second-order valence-electron chi connectivity index (χ2n) is 8.44. The fourth-order valence-electron chi connectivity index (χ4n) is 4.47. The number of amides is 1. The first-order chi connectivity index (χ1) is 14.4. The van der Waals surface area contributed by atoms with Gasteiger partial charge in [-0.1, -0.05) is 18.2 Å². The highest BCUT2D eigenvalue weighted by atomic mass is 16.5. The maximum atomic E-state index is 13.3. The van der Waals surface area contributed by atoms with Crippen LogP contribution in [0.25, 0.3) is 11.0 Å². The molecular weight excluding hydrogens is 380 g/mol. The Labute approximate surface area is 174 Å². The quantitative estimate of drug-likeness (QED) is 0.724. The lowest BCUT2D eigenvalue weighted by Crippen LogP contribution is -2.48. The third-order valence-electron chi connectivity index (χ3n) is 6.09. The van der Waals surface area contributed by atoms with Crippen LogP contribution in [0.4, 0.5) is 0 Å². The van der Waals surface area contributed by atoms with Crippen LogP contribution in [0.5, 0.6) is 5.75 Å². The normalized spacial score (nSPS) is 18.1. The molecule has 30 heavy (non-hydrogen) atoms. The molecule has 6 nitrogen and oxygen atoms in total. The zero-order valence-corrected chi connectivity index (χ0v) is 17.2. The summed E-state index contributed by atoms with van der Waals surface area (Å²) >= 11 is 0. The first kappa shape index (κ1) is 18.9. The highest BCUT2D eigenvalue weighted by Gasteiger charge is 2.41. The van der Waals surface area contributed by atoms with Crippen molar-refractivity contribution in [3.63, 3.8) is 0 Å². The van der Waals surface area contributed by atoms with E-state index in [1.165, 1.54) is 0 Å². The topological polar surface area (TPSA) is 71.8 Å². The van der Waals surface area contributed by atoms with E-state index in [0.717, 1.165) is 28.8 Å². The molecule has 1 saturated heterocycles. The number of nitrogens with one attached hydrogen (secondary N) is 1. The molecule has 3 aromatic rings. The van der Waals surface area contributed by atoms with Crippen molar-refractivity contribution >= 4 is 22.7 Å². The number of carbonyl (C=O) groups excluding carboxylic acids is 2. The number of ketones is 1. The fourth-order valence-corrected chi connectivity index (χ4v) is 4.47. The number of piperazine rings is 1. The van der Waals surface area contributed by atoms with E-state index in [0.29, 0.717) is 43.1 Å². The van der Waals surface area contributed by atoms with Crippen molar-refractivity contribution in [1.29, 1.82) is 0 Å². The first-order valence-corrected chi connectivity index (χ1v) is 10.3. The number of hydrogen-bond donors (Lipinski definition) is 1. The van der Waals surface area contributed by atoms with E-state index in [2.05, 4.69) is 24.1 Å². The van der Waals surface area contributed by atoms with Crippen molar-refractivity contribution in [1.82, 2.24) is 10.2 Å². The van der Waals surface area contributed by atoms with Gasteiger partial charge in [0.1, 0.15) is 23.7 Å². The predicted molar refractivity (Wildman–Crippen MR) is 113 cm³/mol. The van der Waals surface area contributed by atoms with Crippen molar-refractivity contribution < 1.29 is 18.7 Å². The second kappa shape index (κ2) is 6.99. The molecule has 0 saturated carbocycles. The summed E-state index contributed by atoms with van der Waals surface area (Å²) in [7, 11) is 0. The van der Waals surface area contributed by atoms with Gasteiger partial charge >= 0.3 is 0 Å². The molecule has 1 fully saturated rings. The molecule has 6 heteroatoms. The van der Waals surface area contributed by atoms with E-state index in [9.17, 15) is 9.59 Å². The monoisotopic (exact) mass is 404 g/mol.